The Morgan fingerprint density at radius 1 is 1.33 bits per heavy atom. The van der Waals surface area contributed by atoms with Crippen LogP contribution in [-0.4, -0.2) is 29.7 Å². The zero-order valence-electron chi connectivity index (χ0n) is 8.58. The van der Waals surface area contributed by atoms with Crippen LogP contribution >= 0.6 is 0 Å². The predicted octanol–water partition coefficient (Wildman–Crippen LogP) is 0.703. The first-order chi connectivity index (χ1) is 7.12. The second-order valence-corrected chi connectivity index (χ2v) is 4.54. The summed E-state index contributed by atoms with van der Waals surface area (Å²) in [6.45, 7) is 0.251. The van der Waals surface area contributed by atoms with E-state index >= 15 is 0 Å². The van der Waals surface area contributed by atoms with Crippen molar-refractivity contribution < 1.29 is 14.7 Å². The summed E-state index contributed by atoms with van der Waals surface area (Å²) in [6.07, 6.45) is 4.37. The summed E-state index contributed by atoms with van der Waals surface area (Å²) in [5, 5.41) is 14.4. The number of aliphatic carboxylic acids is 1. The van der Waals surface area contributed by atoms with Crippen molar-refractivity contribution in [2.24, 2.45) is 5.41 Å². The van der Waals surface area contributed by atoms with Crippen molar-refractivity contribution in [3.05, 3.63) is 0 Å². The van der Waals surface area contributed by atoms with Gasteiger partial charge in [0.25, 0.3) is 0 Å². The molecule has 0 spiro atoms. The van der Waals surface area contributed by atoms with Crippen LogP contribution in [0, 0.1) is 5.41 Å². The Morgan fingerprint density at radius 2 is 2.00 bits per heavy atom. The fraction of sp³-hybridized carbons (Fsp3) is 0.800. The molecule has 5 nitrogen and oxygen atoms in total. The van der Waals surface area contributed by atoms with Crippen molar-refractivity contribution in [2.45, 2.75) is 38.1 Å². The Labute approximate surface area is 88.2 Å². The van der Waals surface area contributed by atoms with Crippen LogP contribution in [0.25, 0.3) is 0 Å². The standard InChI is InChI=1S/C10H16N2O3/c13-8(14)10(4-1-5-10)6-11-9(15)12-7-2-3-7/h7H,1-6H2,(H,13,14)(H2,11,12,15). The van der Waals surface area contributed by atoms with Gasteiger partial charge in [-0.1, -0.05) is 6.42 Å². The fourth-order valence-corrected chi connectivity index (χ4v) is 1.78. The number of carboxylic acid groups (broad SMARTS) is 1. The van der Waals surface area contributed by atoms with Gasteiger partial charge in [-0.2, -0.15) is 0 Å². The molecule has 5 heteroatoms. The molecular weight excluding hydrogens is 196 g/mol. The Bertz CT molecular complexity index is 282. The Morgan fingerprint density at radius 3 is 2.40 bits per heavy atom. The van der Waals surface area contributed by atoms with Crippen molar-refractivity contribution in [1.29, 1.82) is 0 Å². The van der Waals surface area contributed by atoms with Gasteiger partial charge in [0, 0.05) is 12.6 Å². The molecule has 2 amide bonds. The van der Waals surface area contributed by atoms with E-state index in [2.05, 4.69) is 10.6 Å². The average molecular weight is 212 g/mol. The third-order valence-corrected chi connectivity index (χ3v) is 3.26. The number of rotatable bonds is 4. The number of carbonyl (C=O) groups is 2. The highest BCUT2D eigenvalue weighted by Gasteiger charge is 2.44. The second kappa shape index (κ2) is 3.72. The summed E-state index contributed by atoms with van der Waals surface area (Å²) in [7, 11) is 0. The molecule has 84 valence electrons. The lowest BCUT2D eigenvalue weighted by Gasteiger charge is -2.37. The monoisotopic (exact) mass is 212 g/mol. The average Bonchev–Trinajstić information content (AvgIpc) is 2.85. The third kappa shape index (κ3) is 2.22. The van der Waals surface area contributed by atoms with Crippen LogP contribution in [0.15, 0.2) is 0 Å². The number of urea groups is 1. The van der Waals surface area contributed by atoms with E-state index in [4.69, 9.17) is 5.11 Å². The summed E-state index contributed by atoms with van der Waals surface area (Å²) in [6, 6.07) is 0.0807. The molecule has 0 aromatic carbocycles. The highest BCUT2D eigenvalue weighted by atomic mass is 16.4. The molecule has 0 bridgehead atoms. The quantitative estimate of drug-likeness (QED) is 0.642. The van der Waals surface area contributed by atoms with Gasteiger partial charge < -0.3 is 15.7 Å². The zero-order chi connectivity index (χ0) is 10.9. The van der Waals surface area contributed by atoms with Crippen LogP contribution in [0.3, 0.4) is 0 Å². The van der Waals surface area contributed by atoms with E-state index in [0.29, 0.717) is 18.9 Å². The topological polar surface area (TPSA) is 78.4 Å². The number of carboxylic acids is 1. The largest absolute Gasteiger partial charge is 0.481 e. The molecule has 2 saturated carbocycles. The van der Waals surface area contributed by atoms with Gasteiger partial charge in [-0.25, -0.2) is 4.79 Å². The van der Waals surface area contributed by atoms with E-state index in [1.165, 1.54) is 0 Å². The first-order valence-corrected chi connectivity index (χ1v) is 5.40. The molecule has 2 fully saturated rings. The molecule has 2 aliphatic carbocycles. The lowest BCUT2D eigenvalue weighted by atomic mass is 9.69. The van der Waals surface area contributed by atoms with Crippen LogP contribution in [0.1, 0.15) is 32.1 Å². The molecule has 2 aliphatic rings. The van der Waals surface area contributed by atoms with Crippen molar-refractivity contribution in [2.75, 3.05) is 6.54 Å². The Balaban J connectivity index is 1.75. The molecular formula is C10H16N2O3. The van der Waals surface area contributed by atoms with Crippen molar-refractivity contribution >= 4 is 12.0 Å². The molecule has 2 rings (SSSR count). The van der Waals surface area contributed by atoms with E-state index in [1.54, 1.807) is 0 Å². The molecule has 3 N–H and O–H groups in total. The molecule has 0 aromatic rings. The Hall–Kier alpha value is -1.26. The SMILES string of the molecule is O=C(NCC1(C(=O)O)CCC1)NC1CC1. The summed E-state index contributed by atoms with van der Waals surface area (Å²) in [4.78, 5) is 22.3. The van der Waals surface area contributed by atoms with Crippen molar-refractivity contribution in [1.82, 2.24) is 10.6 Å². The van der Waals surface area contributed by atoms with E-state index in [9.17, 15) is 9.59 Å². The van der Waals surface area contributed by atoms with Gasteiger partial charge in [0.15, 0.2) is 0 Å². The van der Waals surface area contributed by atoms with Crippen LogP contribution in [0.4, 0.5) is 4.79 Å². The van der Waals surface area contributed by atoms with Crippen LogP contribution in [0.5, 0.6) is 0 Å². The lowest BCUT2D eigenvalue weighted by molar-refractivity contribution is -0.153. The predicted molar refractivity (Wildman–Crippen MR) is 53.5 cm³/mol. The number of hydrogen-bond acceptors (Lipinski definition) is 2. The minimum atomic E-state index is -0.791. The summed E-state index contributed by atoms with van der Waals surface area (Å²) in [5.41, 5.74) is -0.694. The maximum absolute atomic E-state index is 11.3. The highest BCUT2D eigenvalue weighted by Crippen LogP contribution is 2.40. The molecule has 0 saturated heterocycles. The molecule has 15 heavy (non-hydrogen) atoms. The van der Waals surface area contributed by atoms with E-state index < -0.39 is 11.4 Å². The number of nitrogens with one attached hydrogen (secondary N) is 2. The van der Waals surface area contributed by atoms with Gasteiger partial charge in [0.1, 0.15) is 0 Å². The third-order valence-electron chi connectivity index (χ3n) is 3.26. The van der Waals surface area contributed by atoms with Gasteiger partial charge in [0.2, 0.25) is 0 Å². The fourth-order valence-electron chi connectivity index (χ4n) is 1.78. The van der Waals surface area contributed by atoms with Crippen LogP contribution < -0.4 is 10.6 Å². The molecule has 0 atom stereocenters. The molecule has 0 unspecified atom stereocenters. The van der Waals surface area contributed by atoms with Gasteiger partial charge in [-0.15, -0.1) is 0 Å². The maximum Gasteiger partial charge on any atom is 0.315 e. The summed E-state index contributed by atoms with van der Waals surface area (Å²) < 4.78 is 0. The van der Waals surface area contributed by atoms with Crippen LogP contribution in [-0.2, 0) is 4.79 Å². The molecule has 0 heterocycles. The minimum absolute atomic E-state index is 0.231. The van der Waals surface area contributed by atoms with E-state index in [1.807, 2.05) is 0 Å². The van der Waals surface area contributed by atoms with E-state index in [-0.39, 0.29) is 12.6 Å². The first kappa shape index (κ1) is 10.3. The normalized spacial score (nSPS) is 22.7. The smallest absolute Gasteiger partial charge is 0.315 e. The summed E-state index contributed by atoms with van der Waals surface area (Å²) >= 11 is 0. The zero-order valence-corrected chi connectivity index (χ0v) is 8.58. The number of amides is 2. The first-order valence-electron chi connectivity index (χ1n) is 5.40. The summed E-state index contributed by atoms with van der Waals surface area (Å²) in [5.74, 6) is -0.791. The minimum Gasteiger partial charge on any atom is -0.481 e. The molecule has 0 radical (unpaired) electrons. The lowest BCUT2D eigenvalue weighted by Crippen LogP contribution is -2.50. The molecule has 0 aliphatic heterocycles. The van der Waals surface area contributed by atoms with Gasteiger partial charge in [-0.3, -0.25) is 4.79 Å². The highest BCUT2D eigenvalue weighted by molar-refractivity contribution is 5.79. The Kier molecular flexibility index (Phi) is 2.54. The second-order valence-electron chi connectivity index (χ2n) is 4.54. The van der Waals surface area contributed by atoms with Gasteiger partial charge in [0.05, 0.1) is 5.41 Å². The van der Waals surface area contributed by atoms with E-state index in [0.717, 1.165) is 19.3 Å². The molecule has 0 aromatic heterocycles. The van der Waals surface area contributed by atoms with Crippen molar-refractivity contribution in [3.8, 4) is 0 Å². The van der Waals surface area contributed by atoms with Gasteiger partial charge >= 0.3 is 12.0 Å². The van der Waals surface area contributed by atoms with Crippen LogP contribution in [0.2, 0.25) is 0 Å². The van der Waals surface area contributed by atoms with Crippen molar-refractivity contribution in [3.63, 3.8) is 0 Å². The number of hydrogen-bond donors (Lipinski definition) is 3. The number of carbonyl (C=O) groups excluding carboxylic acids is 1. The van der Waals surface area contributed by atoms with Gasteiger partial charge in [-0.05, 0) is 25.7 Å². The maximum atomic E-state index is 11.3.